The second-order valence-electron chi connectivity index (χ2n) is 5.73. The fourth-order valence-electron chi connectivity index (χ4n) is 3.00. The van der Waals surface area contributed by atoms with Gasteiger partial charge in [0.15, 0.2) is 0 Å². The van der Waals surface area contributed by atoms with Crippen LogP contribution in [-0.2, 0) is 14.3 Å². The van der Waals surface area contributed by atoms with Crippen molar-refractivity contribution >= 4 is 17.5 Å². The zero-order valence-corrected chi connectivity index (χ0v) is 12.5. The van der Waals surface area contributed by atoms with E-state index >= 15 is 0 Å². The summed E-state index contributed by atoms with van der Waals surface area (Å²) in [5, 5.41) is 0. The molecule has 1 atom stereocenters. The lowest BCUT2D eigenvalue weighted by molar-refractivity contribution is -0.123. The number of benzene rings is 1. The minimum atomic E-state index is -0.332. The maximum absolute atomic E-state index is 12.7. The number of hydrogen-bond acceptors (Lipinski definition) is 4. The average molecular weight is 288 g/mol. The highest BCUT2D eigenvalue weighted by Crippen LogP contribution is 2.29. The number of hydrogen-bond donors (Lipinski definition) is 0. The van der Waals surface area contributed by atoms with E-state index in [1.807, 2.05) is 32.0 Å². The van der Waals surface area contributed by atoms with Crippen LogP contribution in [0, 0.1) is 13.8 Å². The maximum atomic E-state index is 12.7. The molecule has 2 aliphatic rings. The summed E-state index contributed by atoms with van der Waals surface area (Å²) in [5.74, 6) is -0.208. The van der Waals surface area contributed by atoms with Gasteiger partial charge in [-0.3, -0.25) is 14.5 Å². The standard InChI is InChI=1S/C16H20N2O3/c1-11-3-4-12(2)13(9-11)18-15(19)10-14(16(18)20)17-5-7-21-8-6-17/h3-4,9,14H,5-8,10H2,1-2H3. The molecule has 0 saturated carbocycles. The zero-order valence-electron chi connectivity index (χ0n) is 12.5. The Kier molecular flexibility index (Phi) is 3.78. The molecule has 1 aromatic carbocycles. The van der Waals surface area contributed by atoms with Crippen molar-refractivity contribution in [1.82, 2.24) is 4.90 Å². The number of anilines is 1. The highest BCUT2D eigenvalue weighted by atomic mass is 16.5. The van der Waals surface area contributed by atoms with Crippen LogP contribution in [0.2, 0.25) is 0 Å². The summed E-state index contributed by atoms with van der Waals surface area (Å²) in [7, 11) is 0. The number of carbonyl (C=O) groups excluding carboxylic acids is 2. The van der Waals surface area contributed by atoms with Crippen molar-refractivity contribution in [3.05, 3.63) is 29.3 Å². The van der Waals surface area contributed by atoms with Crippen molar-refractivity contribution in [2.75, 3.05) is 31.2 Å². The Balaban J connectivity index is 1.88. The van der Waals surface area contributed by atoms with E-state index in [9.17, 15) is 9.59 Å². The van der Waals surface area contributed by atoms with Gasteiger partial charge in [0.2, 0.25) is 5.91 Å². The molecule has 0 bridgehead atoms. The first-order chi connectivity index (χ1) is 10.1. The molecule has 0 N–H and O–H groups in total. The molecule has 2 fully saturated rings. The SMILES string of the molecule is Cc1ccc(C)c(N2C(=O)CC(N3CCOCC3)C2=O)c1. The molecular weight excluding hydrogens is 268 g/mol. The molecule has 0 radical (unpaired) electrons. The molecule has 1 unspecified atom stereocenters. The topological polar surface area (TPSA) is 49.9 Å². The lowest BCUT2D eigenvalue weighted by Gasteiger charge is -2.30. The number of imide groups is 1. The lowest BCUT2D eigenvalue weighted by atomic mass is 10.1. The van der Waals surface area contributed by atoms with Gasteiger partial charge in [-0.15, -0.1) is 0 Å². The van der Waals surface area contributed by atoms with Gasteiger partial charge < -0.3 is 4.74 Å². The summed E-state index contributed by atoms with van der Waals surface area (Å²) in [4.78, 5) is 28.5. The van der Waals surface area contributed by atoms with Crippen molar-refractivity contribution in [2.45, 2.75) is 26.3 Å². The van der Waals surface area contributed by atoms with Crippen LogP contribution in [0.3, 0.4) is 0 Å². The Morgan fingerprint density at radius 1 is 1.14 bits per heavy atom. The molecule has 5 heteroatoms. The van der Waals surface area contributed by atoms with E-state index in [0.717, 1.165) is 16.8 Å². The van der Waals surface area contributed by atoms with Gasteiger partial charge in [0.05, 0.1) is 31.4 Å². The predicted molar refractivity (Wildman–Crippen MR) is 79.2 cm³/mol. The molecule has 5 nitrogen and oxygen atoms in total. The van der Waals surface area contributed by atoms with Gasteiger partial charge in [0.1, 0.15) is 0 Å². The number of nitrogens with zero attached hydrogens (tertiary/aromatic N) is 2. The molecule has 0 aliphatic carbocycles. The molecule has 1 aromatic rings. The molecule has 0 aromatic heterocycles. The van der Waals surface area contributed by atoms with E-state index in [1.54, 1.807) is 0 Å². The van der Waals surface area contributed by atoms with E-state index in [0.29, 0.717) is 26.3 Å². The quantitative estimate of drug-likeness (QED) is 0.769. The van der Waals surface area contributed by atoms with Crippen LogP contribution in [0.4, 0.5) is 5.69 Å². The fourth-order valence-corrected chi connectivity index (χ4v) is 3.00. The van der Waals surface area contributed by atoms with Crippen LogP contribution in [0.5, 0.6) is 0 Å². The summed E-state index contributed by atoms with van der Waals surface area (Å²) in [6, 6.07) is 5.52. The van der Waals surface area contributed by atoms with Gasteiger partial charge in [0.25, 0.3) is 5.91 Å². The van der Waals surface area contributed by atoms with Crippen LogP contribution in [0.25, 0.3) is 0 Å². The highest BCUT2D eigenvalue weighted by molar-refractivity contribution is 6.22. The minimum Gasteiger partial charge on any atom is -0.379 e. The summed E-state index contributed by atoms with van der Waals surface area (Å²) in [5.41, 5.74) is 2.72. The van der Waals surface area contributed by atoms with Gasteiger partial charge in [-0.2, -0.15) is 0 Å². The smallest absolute Gasteiger partial charge is 0.251 e. The lowest BCUT2D eigenvalue weighted by Crippen LogP contribution is -2.47. The Hall–Kier alpha value is -1.72. The van der Waals surface area contributed by atoms with Crippen molar-refractivity contribution in [3.63, 3.8) is 0 Å². The average Bonchev–Trinajstić information content (AvgIpc) is 2.78. The van der Waals surface area contributed by atoms with Gasteiger partial charge >= 0.3 is 0 Å². The van der Waals surface area contributed by atoms with Gasteiger partial charge in [0, 0.05) is 13.1 Å². The van der Waals surface area contributed by atoms with Crippen LogP contribution >= 0.6 is 0 Å². The first-order valence-electron chi connectivity index (χ1n) is 7.34. The Morgan fingerprint density at radius 3 is 2.57 bits per heavy atom. The highest BCUT2D eigenvalue weighted by Gasteiger charge is 2.43. The van der Waals surface area contributed by atoms with Gasteiger partial charge in [-0.05, 0) is 31.0 Å². The second kappa shape index (κ2) is 5.58. The predicted octanol–water partition coefficient (Wildman–Crippen LogP) is 1.27. The number of amides is 2. The number of ether oxygens (including phenoxy) is 1. The summed E-state index contributed by atoms with van der Waals surface area (Å²) < 4.78 is 5.32. The Bertz CT molecular complexity index is 579. The third kappa shape index (κ3) is 2.59. The molecule has 2 saturated heterocycles. The first kappa shape index (κ1) is 14.2. The van der Waals surface area contributed by atoms with E-state index in [2.05, 4.69) is 4.90 Å². The molecule has 2 amide bonds. The third-order valence-electron chi connectivity index (χ3n) is 4.21. The van der Waals surface area contributed by atoms with E-state index < -0.39 is 0 Å². The molecule has 2 heterocycles. The van der Waals surface area contributed by atoms with E-state index in [1.165, 1.54) is 4.90 Å². The van der Waals surface area contributed by atoms with Crippen molar-refractivity contribution in [2.24, 2.45) is 0 Å². The second-order valence-corrected chi connectivity index (χ2v) is 5.73. The molecular formula is C16H20N2O3. The number of morpholine rings is 1. The minimum absolute atomic E-state index is 0.101. The molecule has 21 heavy (non-hydrogen) atoms. The molecule has 0 spiro atoms. The fraction of sp³-hybridized carbons (Fsp3) is 0.500. The molecule has 3 rings (SSSR count). The van der Waals surface area contributed by atoms with Gasteiger partial charge in [-0.25, -0.2) is 4.90 Å². The number of aryl methyl sites for hydroxylation is 2. The maximum Gasteiger partial charge on any atom is 0.251 e. The van der Waals surface area contributed by atoms with Crippen LogP contribution < -0.4 is 4.90 Å². The number of rotatable bonds is 2. The molecule has 2 aliphatic heterocycles. The van der Waals surface area contributed by atoms with Crippen LogP contribution in [0.15, 0.2) is 18.2 Å². The summed E-state index contributed by atoms with van der Waals surface area (Å²) in [6.07, 6.45) is 0.270. The summed E-state index contributed by atoms with van der Waals surface area (Å²) >= 11 is 0. The Morgan fingerprint density at radius 2 is 1.86 bits per heavy atom. The van der Waals surface area contributed by atoms with Crippen LogP contribution in [0.1, 0.15) is 17.5 Å². The third-order valence-corrected chi connectivity index (χ3v) is 4.21. The largest absolute Gasteiger partial charge is 0.379 e. The van der Waals surface area contributed by atoms with Crippen molar-refractivity contribution < 1.29 is 14.3 Å². The summed E-state index contributed by atoms with van der Waals surface area (Å²) in [6.45, 7) is 6.57. The van der Waals surface area contributed by atoms with Gasteiger partial charge in [-0.1, -0.05) is 12.1 Å². The first-order valence-corrected chi connectivity index (χ1v) is 7.34. The molecule has 112 valence electrons. The zero-order chi connectivity index (χ0) is 15.0. The van der Waals surface area contributed by atoms with Crippen molar-refractivity contribution in [1.29, 1.82) is 0 Å². The monoisotopic (exact) mass is 288 g/mol. The van der Waals surface area contributed by atoms with E-state index in [4.69, 9.17) is 4.74 Å². The number of carbonyl (C=O) groups is 2. The van der Waals surface area contributed by atoms with Crippen molar-refractivity contribution in [3.8, 4) is 0 Å². The Labute approximate surface area is 124 Å². The normalized spacial score (nSPS) is 23.9. The van der Waals surface area contributed by atoms with E-state index in [-0.39, 0.29) is 24.3 Å². The van der Waals surface area contributed by atoms with Crippen LogP contribution in [-0.4, -0.2) is 49.1 Å².